The van der Waals surface area contributed by atoms with E-state index in [9.17, 15) is 50.1 Å². The van der Waals surface area contributed by atoms with Gasteiger partial charge >= 0.3 is 0 Å². The van der Waals surface area contributed by atoms with Crippen molar-refractivity contribution in [1.82, 2.24) is 20.9 Å². The highest BCUT2D eigenvalue weighted by Crippen LogP contribution is 2.34. The molecule has 16 nitrogen and oxygen atoms in total. The number of aliphatic hydroxyl groups is 7. The van der Waals surface area contributed by atoms with Crippen LogP contribution in [-0.4, -0.2) is 154 Å². The molecule has 2 amide bonds. The highest BCUT2D eigenvalue weighted by Gasteiger charge is 2.35. The number of likely N-dealkylation sites (tertiary alicyclic amines) is 1. The molecule has 16 heteroatoms. The van der Waals surface area contributed by atoms with Crippen LogP contribution >= 0.6 is 0 Å². The predicted molar refractivity (Wildman–Crippen MR) is 395 cm³/mol. The standard InChI is InChI=1S/C18H35NO3.C17H28O3.C15H31NO3.C15H25NO2.C14H29NO/c1-11(2)14(17(22)19-12(3)4)10-15(20)13(5)9-16(21)18(6,7)8;1-12(18)15(9-10-16(19)17(2,3)4)13-7-6-8-14(11-13)20-5;1-10(2)9-16-14(19)12(11(3)17)7-8-13(18)15(4,5)6;1-11(17)14(16-10-15(2,3)4)12-6-8-13(18-5)9-7-12;1-11(2)9-15-8-6-7-12(10-15)13(16)14(3,4)5/h11-14,16,21H,9-10H2,1-8H3,(H,19,22);6-8,11-12,15-16,18-19H,9-10H2,1-5H3;10-13,17-18H,7-9H2,1-6H3,(H,16,19);6-9,11,14,16-17H,10H2,1-5H3;11-13,16H,6-10H2,1-5H3/t13-,14+,16+;12-,15-,16-;11-,12-,13+;11-,14+;12?,13-/m11001/s1. The highest BCUT2D eigenvalue weighted by molar-refractivity contribution is 5.88. The van der Waals surface area contributed by atoms with Crippen molar-refractivity contribution >= 4 is 17.6 Å². The zero-order valence-electron chi connectivity index (χ0n) is 65.7. The van der Waals surface area contributed by atoms with Crippen LogP contribution in [0.25, 0.3) is 0 Å². The van der Waals surface area contributed by atoms with Crippen molar-refractivity contribution in [2.24, 2.45) is 68.5 Å². The number of aliphatic hydroxyl groups excluding tert-OH is 7. The molecule has 10 N–H and O–H groups in total. The average Bonchev–Trinajstić information content (AvgIpc) is 0.912. The van der Waals surface area contributed by atoms with Gasteiger partial charge in [-0.05, 0) is 172 Å². The number of hydrogen-bond donors (Lipinski definition) is 10. The molecule has 3 rings (SSSR count). The number of nitrogens with zero attached hydrogens (tertiary/aromatic N) is 1. The van der Waals surface area contributed by atoms with E-state index in [4.69, 9.17) is 9.47 Å². The molecular weight excluding hydrogens is 1200 g/mol. The van der Waals surface area contributed by atoms with Gasteiger partial charge in [0.25, 0.3) is 0 Å². The summed E-state index contributed by atoms with van der Waals surface area (Å²) >= 11 is 0. The van der Waals surface area contributed by atoms with E-state index in [0.29, 0.717) is 44.1 Å². The summed E-state index contributed by atoms with van der Waals surface area (Å²) in [5.41, 5.74) is 1.79. The molecule has 556 valence electrons. The monoisotopic (exact) mass is 1350 g/mol. The van der Waals surface area contributed by atoms with E-state index in [0.717, 1.165) is 48.1 Å². The fourth-order valence-corrected chi connectivity index (χ4v) is 10.9. The van der Waals surface area contributed by atoms with Gasteiger partial charge in [-0.1, -0.05) is 177 Å². The molecule has 1 aliphatic rings. The van der Waals surface area contributed by atoms with Crippen molar-refractivity contribution in [3.63, 3.8) is 0 Å². The number of hydrogen-bond acceptors (Lipinski definition) is 14. The Kier molecular flexibility index (Phi) is 43.7. The van der Waals surface area contributed by atoms with Gasteiger partial charge in [-0.2, -0.15) is 0 Å². The number of amides is 2. The Morgan fingerprint density at radius 3 is 1.49 bits per heavy atom. The number of benzene rings is 2. The first-order chi connectivity index (χ1) is 43.3. The molecule has 1 heterocycles. The number of Topliss-reactive ketones (excluding diaryl/α,β-unsaturated/α-hetero) is 1. The van der Waals surface area contributed by atoms with Crippen molar-refractivity contribution in [3.8, 4) is 11.5 Å². The van der Waals surface area contributed by atoms with E-state index < -0.39 is 36.4 Å². The van der Waals surface area contributed by atoms with Gasteiger partial charge in [0.15, 0.2) is 0 Å². The molecule has 1 saturated heterocycles. The molecule has 0 aromatic heterocycles. The Hall–Kier alpha value is -3.71. The maximum atomic E-state index is 12.4. The normalized spacial score (nSPS) is 18.0. The summed E-state index contributed by atoms with van der Waals surface area (Å²) in [6, 6.07) is 15.6. The minimum absolute atomic E-state index is 0.0158. The lowest BCUT2D eigenvalue weighted by Crippen LogP contribution is -2.45. The Morgan fingerprint density at radius 2 is 1.08 bits per heavy atom. The van der Waals surface area contributed by atoms with Gasteiger partial charge in [0.05, 0.1) is 68.9 Å². The Labute approximate surface area is 581 Å². The van der Waals surface area contributed by atoms with Gasteiger partial charge in [0.2, 0.25) is 11.8 Å². The third-order valence-electron chi connectivity index (χ3n) is 17.6. The number of ether oxygens (including phenoxy) is 2. The summed E-state index contributed by atoms with van der Waals surface area (Å²) in [7, 11) is 3.29. The van der Waals surface area contributed by atoms with Crippen molar-refractivity contribution in [2.45, 2.75) is 299 Å². The molecule has 13 atom stereocenters. The molecule has 0 saturated carbocycles. The van der Waals surface area contributed by atoms with Gasteiger partial charge < -0.3 is 66.1 Å². The van der Waals surface area contributed by atoms with E-state index >= 15 is 0 Å². The van der Waals surface area contributed by atoms with E-state index in [-0.39, 0.29) is 99.1 Å². The van der Waals surface area contributed by atoms with Crippen LogP contribution in [-0.2, 0) is 14.4 Å². The number of piperidine rings is 1. The maximum absolute atomic E-state index is 12.4. The van der Waals surface area contributed by atoms with Crippen LogP contribution in [0.5, 0.6) is 11.5 Å². The summed E-state index contributed by atoms with van der Waals surface area (Å²) in [5.74, 6) is 2.24. The Balaban J connectivity index is 0. The maximum Gasteiger partial charge on any atom is 0.225 e. The van der Waals surface area contributed by atoms with Crippen molar-refractivity contribution in [1.29, 1.82) is 0 Å². The molecule has 1 fully saturated rings. The van der Waals surface area contributed by atoms with E-state index in [2.05, 4.69) is 76.2 Å². The fraction of sp³-hybridized carbons (Fsp3) is 0.810. The van der Waals surface area contributed by atoms with Crippen LogP contribution in [0, 0.1) is 68.5 Å². The summed E-state index contributed by atoms with van der Waals surface area (Å²) in [6.07, 6.45) is 2.48. The number of methoxy groups -OCH3 is 2. The average molecular weight is 1350 g/mol. The van der Waals surface area contributed by atoms with Crippen molar-refractivity contribution < 1.29 is 59.6 Å². The molecule has 1 aliphatic heterocycles. The molecule has 95 heavy (non-hydrogen) atoms. The molecule has 0 bridgehead atoms. The zero-order valence-corrected chi connectivity index (χ0v) is 65.7. The molecule has 0 radical (unpaired) electrons. The van der Waals surface area contributed by atoms with E-state index in [1.807, 2.05) is 166 Å². The van der Waals surface area contributed by atoms with Gasteiger partial charge in [0.1, 0.15) is 17.3 Å². The Bertz CT molecular complexity index is 2360. The SMILES string of the molecule is CC(C)CN1CCCC([C@@H](O)C(C)(C)C)C1.CC(C)CNC(=O)[C@@H](CC[C@@H](O)C(C)(C)C)[C@H](C)O.CC(C)NC(=O)[C@@H](CC(=O)[C@H](C)C[C@H](O)C(C)(C)C)C(C)C.COc1ccc([C@H](NCC(C)(C)C)[C@H](C)O)cc1.COc1cccc([C@H](CC[C@@H](O)C(C)(C)C)[C@@H](C)O)c1. The second kappa shape index (κ2) is 44.4. The number of carbonyl (C=O) groups is 3. The first-order valence-electron chi connectivity index (χ1n) is 35.9. The summed E-state index contributed by atoms with van der Waals surface area (Å²) in [6.45, 7) is 59.2. The third kappa shape index (κ3) is 40.8. The van der Waals surface area contributed by atoms with Crippen LogP contribution in [0.3, 0.4) is 0 Å². The summed E-state index contributed by atoms with van der Waals surface area (Å²) in [4.78, 5) is 39.2. The van der Waals surface area contributed by atoms with Crippen LogP contribution < -0.4 is 25.4 Å². The molecule has 0 spiro atoms. The predicted octanol–water partition coefficient (Wildman–Crippen LogP) is 14.0. The smallest absolute Gasteiger partial charge is 0.225 e. The van der Waals surface area contributed by atoms with Gasteiger partial charge in [-0.3, -0.25) is 14.4 Å². The first kappa shape index (κ1) is 93.3. The number of carbonyl (C=O) groups excluding carboxylic acids is 3. The first-order valence-corrected chi connectivity index (χ1v) is 35.9. The Morgan fingerprint density at radius 1 is 0.568 bits per heavy atom. The van der Waals surface area contributed by atoms with Gasteiger partial charge in [0, 0.05) is 56.4 Å². The summed E-state index contributed by atoms with van der Waals surface area (Å²) in [5, 5.41) is 79.4. The van der Waals surface area contributed by atoms with E-state index in [1.165, 1.54) is 25.9 Å². The summed E-state index contributed by atoms with van der Waals surface area (Å²) < 4.78 is 10.4. The highest BCUT2D eigenvalue weighted by atomic mass is 16.5. The molecule has 0 aliphatic carbocycles. The molecular formula is C79H148N4O12. The minimum Gasteiger partial charge on any atom is -0.497 e. The number of rotatable bonds is 29. The largest absolute Gasteiger partial charge is 0.497 e. The zero-order chi connectivity index (χ0) is 74.3. The quantitative estimate of drug-likeness (QED) is 0.0364. The second-order valence-electron chi connectivity index (χ2n) is 34.5. The number of nitrogens with one attached hydrogen (secondary N) is 3. The van der Waals surface area contributed by atoms with Crippen LogP contribution in [0.1, 0.15) is 261 Å². The number of ketones is 1. The topological polar surface area (TPSA) is 251 Å². The van der Waals surface area contributed by atoms with Gasteiger partial charge in [-0.25, -0.2) is 0 Å². The van der Waals surface area contributed by atoms with Crippen molar-refractivity contribution in [2.75, 3.05) is 46.9 Å². The lowest BCUT2D eigenvalue weighted by molar-refractivity contribution is -0.133. The molecule has 2 aromatic carbocycles. The lowest BCUT2D eigenvalue weighted by Gasteiger charge is -2.40. The fourth-order valence-electron chi connectivity index (χ4n) is 10.9. The third-order valence-corrected chi connectivity index (χ3v) is 17.6. The van der Waals surface area contributed by atoms with Gasteiger partial charge in [-0.15, -0.1) is 0 Å². The molecule has 1 unspecified atom stereocenters. The van der Waals surface area contributed by atoms with Crippen molar-refractivity contribution in [3.05, 3.63) is 59.7 Å². The van der Waals surface area contributed by atoms with E-state index in [1.54, 1.807) is 28.1 Å². The second-order valence-corrected chi connectivity index (χ2v) is 34.5. The van der Waals surface area contributed by atoms with Crippen LogP contribution in [0.15, 0.2) is 48.5 Å². The van der Waals surface area contributed by atoms with Crippen LogP contribution in [0.4, 0.5) is 0 Å². The minimum atomic E-state index is -0.695. The van der Waals surface area contributed by atoms with Crippen LogP contribution in [0.2, 0.25) is 0 Å². The molecule has 2 aromatic rings. The lowest BCUT2D eigenvalue weighted by atomic mass is 9.78.